The number of carbonyl (C=O) groups is 1. The van der Waals surface area contributed by atoms with E-state index in [2.05, 4.69) is 5.48 Å². The Kier molecular flexibility index (Phi) is 4.72. The van der Waals surface area contributed by atoms with E-state index >= 15 is 0 Å². The van der Waals surface area contributed by atoms with Gasteiger partial charge in [-0.05, 0) is 12.0 Å². The van der Waals surface area contributed by atoms with Crippen molar-refractivity contribution in [2.45, 2.75) is 19.8 Å². The molecule has 0 unspecified atom stereocenters. The number of amides is 1. The van der Waals surface area contributed by atoms with Crippen molar-refractivity contribution >= 4 is 5.91 Å². The average Bonchev–Trinajstić information content (AvgIpc) is 2.20. The van der Waals surface area contributed by atoms with Crippen molar-refractivity contribution in [2.75, 3.05) is 6.61 Å². The second kappa shape index (κ2) is 6.16. The number of hydrogen-bond acceptors (Lipinski definition) is 2. The van der Waals surface area contributed by atoms with Crippen molar-refractivity contribution in [3.05, 3.63) is 35.9 Å². The molecule has 0 atom stereocenters. The minimum atomic E-state index is -0.107. The van der Waals surface area contributed by atoms with E-state index in [4.69, 9.17) is 4.84 Å². The van der Waals surface area contributed by atoms with Crippen molar-refractivity contribution in [1.29, 1.82) is 0 Å². The summed E-state index contributed by atoms with van der Waals surface area (Å²) in [6.45, 7) is 2.55. The summed E-state index contributed by atoms with van der Waals surface area (Å²) in [6, 6.07) is 9.58. The maximum atomic E-state index is 11.3. The fourth-order valence-electron chi connectivity index (χ4n) is 1.05. The lowest BCUT2D eigenvalue weighted by Crippen LogP contribution is -2.25. The van der Waals surface area contributed by atoms with Crippen LogP contribution in [0.1, 0.15) is 18.9 Å². The molecule has 0 fully saturated rings. The predicted octanol–water partition coefficient (Wildman–Crippen LogP) is 1.69. The maximum absolute atomic E-state index is 11.3. The van der Waals surface area contributed by atoms with Gasteiger partial charge in [0.25, 0.3) is 0 Å². The molecule has 1 amide bonds. The number of hydroxylamine groups is 1. The molecule has 0 aliphatic rings. The van der Waals surface area contributed by atoms with Crippen LogP contribution in [0.2, 0.25) is 0 Å². The first-order valence-electron chi connectivity index (χ1n) is 4.77. The van der Waals surface area contributed by atoms with Crippen LogP contribution in [-0.4, -0.2) is 12.5 Å². The number of benzene rings is 1. The summed E-state index contributed by atoms with van der Waals surface area (Å²) in [4.78, 5) is 16.2. The van der Waals surface area contributed by atoms with Crippen molar-refractivity contribution in [2.24, 2.45) is 0 Å². The van der Waals surface area contributed by atoms with Gasteiger partial charge in [-0.1, -0.05) is 37.3 Å². The van der Waals surface area contributed by atoms with Crippen LogP contribution in [0.5, 0.6) is 0 Å². The monoisotopic (exact) mass is 193 g/mol. The first kappa shape index (κ1) is 10.7. The number of rotatable bonds is 5. The molecule has 76 valence electrons. The summed E-state index contributed by atoms with van der Waals surface area (Å²) in [5.74, 6) is -0.107. The predicted molar refractivity (Wildman–Crippen MR) is 54.5 cm³/mol. The van der Waals surface area contributed by atoms with Gasteiger partial charge < -0.3 is 0 Å². The fraction of sp³-hybridized carbons (Fsp3) is 0.364. The average molecular weight is 193 g/mol. The zero-order valence-corrected chi connectivity index (χ0v) is 8.32. The largest absolute Gasteiger partial charge is 0.274 e. The topological polar surface area (TPSA) is 38.3 Å². The molecular formula is C11H15NO2. The van der Waals surface area contributed by atoms with E-state index in [9.17, 15) is 4.79 Å². The molecule has 0 saturated carbocycles. The zero-order valence-electron chi connectivity index (χ0n) is 8.32. The molecule has 1 aromatic rings. The van der Waals surface area contributed by atoms with Gasteiger partial charge in [0.2, 0.25) is 5.91 Å². The van der Waals surface area contributed by atoms with E-state index in [1.807, 2.05) is 37.3 Å². The van der Waals surface area contributed by atoms with Gasteiger partial charge in [0.05, 0.1) is 13.0 Å². The highest BCUT2D eigenvalue weighted by molar-refractivity contribution is 5.77. The van der Waals surface area contributed by atoms with Gasteiger partial charge >= 0.3 is 0 Å². The maximum Gasteiger partial charge on any atom is 0.247 e. The summed E-state index contributed by atoms with van der Waals surface area (Å²) in [5, 5.41) is 0. The molecule has 3 heteroatoms. The molecule has 0 saturated heterocycles. The molecule has 3 nitrogen and oxygen atoms in total. The van der Waals surface area contributed by atoms with Crippen LogP contribution in [0, 0.1) is 0 Å². The minimum absolute atomic E-state index is 0.107. The fourth-order valence-corrected chi connectivity index (χ4v) is 1.05. The first-order valence-corrected chi connectivity index (χ1v) is 4.77. The molecular weight excluding hydrogens is 178 g/mol. The van der Waals surface area contributed by atoms with E-state index in [0.717, 1.165) is 12.0 Å². The van der Waals surface area contributed by atoms with Crippen molar-refractivity contribution in [3.63, 3.8) is 0 Å². The van der Waals surface area contributed by atoms with Gasteiger partial charge in [-0.3, -0.25) is 9.63 Å². The van der Waals surface area contributed by atoms with E-state index in [-0.39, 0.29) is 5.91 Å². The number of carbonyl (C=O) groups excluding carboxylic acids is 1. The summed E-state index contributed by atoms with van der Waals surface area (Å²) in [7, 11) is 0. The second-order valence-electron chi connectivity index (χ2n) is 3.04. The van der Waals surface area contributed by atoms with Crippen molar-refractivity contribution in [3.8, 4) is 0 Å². The van der Waals surface area contributed by atoms with Gasteiger partial charge in [-0.15, -0.1) is 0 Å². The van der Waals surface area contributed by atoms with Gasteiger partial charge in [0.1, 0.15) is 0 Å². The lowest BCUT2D eigenvalue weighted by atomic mass is 10.1. The Morgan fingerprint density at radius 1 is 1.36 bits per heavy atom. The van der Waals surface area contributed by atoms with Crippen LogP contribution in [0.3, 0.4) is 0 Å². The van der Waals surface area contributed by atoms with Gasteiger partial charge in [0, 0.05) is 0 Å². The van der Waals surface area contributed by atoms with Crippen molar-refractivity contribution < 1.29 is 9.63 Å². The van der Waals surface area contributed by atoms with E-state index in [1.54, 1.807) is 0 Å². The summed E-state index contributed by atoms with van der Waals surface area (Å²) in [6.07, 6.45) is 1.26. The Morgan fingerprint density at radius 3 is 2.71 bits per heavy atom. The number of hydrogen-bond donors (Lipinski definition) is 1. The summed E-state index contributed by atoms with van der Waals surface area (Å²) in [5.41, 5.74) is 3.38. The van der Waals surface area contributed by atoms with Crippen LogP contribution in [0.15, 0.2) is 30.3 Å². The Balaban J connectivity index is 2.27. The highest BCUT2D eigenvalue weighted by atomic mass is 16.6. The van der Waals surface area contributed by atoms with Gasteiger partial charge in [-0.25, -0.2) is 5.48 Å². The zero-order chi connectivity index (χ0) is 10.2. The van der Waals surface area contributed by atoms with E-state index in [0.29, 0.717) is 13.0 Å². The minimum Gasteiger partial charge on any atom is -0.274 e. The van der Waals surface area contributed by atoms with Crippen LogP contribution in [-0.2, 0) is 16.1 Å². The lowest BCUT2D eigenvalue weighted by Gasteiger charge is -2.04. The molecule has 0 aliphatic carbocycles. The lowest BCUT2D eigenvalue weighted by molar-refractivity contribution is -0.132. The third-order valence-electron chi connectivity index (χ3n) is 1.70. The molecule has 1 N–H and O–H groups in total. The molecule has 0 spiro atoms. The number of nitrogens with one attached hydrogen (secondary N) is 1. The smallest absolute Gasteiger partial charge is 0.247 e. The molecule has 0 aromatic heterocycles. The highest BCUT2D eigenvalue weighted by Crippen LogP contribution is 1.98. The van der Waals surface area contributed by atoms with Crippen molar-refractivity contribution in [1.82, 2.24) is 5.48 Å². The third-order valence-corrected chi connectivity index (χ3v) is 1.70. The molecule has 0 bridgehead atoms. The summed E-state index contributed by atoms with van der Waals surface area (Å²) < 4.78 is 0. The molecule has 14 heavy (non-hydrogen) atoms. The first-order chi connectivity index (χ1) is 6.83. The Hall–Kier alpha value is -1.35. The van der Waals surface area contributed by atoms with Crippen LogP contribution >= 0.6 is 0 Å². The Morgan fingerprint density at radius 2 is 2.07 bits per heavy atom. The van der Waals surface area contributed by atoms with Crippen LogP contribution in [0.4, 0.5) is 0 Å². The SMILES string of the molecule is CCCONC(=O)Cc1ccccc1. The Labute approximate surface area is 84.0 Å². The van der Waals surface area contributed by atoms with Crippen LogP contribution in [0.25, 0.3) is 0 Å². The van der Waals surface area contributed by atoms with Gasteiger partial charge in [-0.2, -0.15) is 0 Å². The third kappa shape index (κ3) is 4.05. The quantitative estimate of drug-likeness (QED) is 0.571. The standard InChI is InChI=1S/C11H15NO2/c1-2-8-14-12-11(13)9-10-6-4-3-5-7-10/h3-7H,2,8-9H2,1H3,(H,12,13). The molecule has 0 heterocycles. The molecule has 1 rings (SSSR count). The van der Waals surface area contributed by atoms with E-state index < -0.39 is 0 Å². The molecule has 0 radical (unpaired) electrons. The Bertz CT molecular complexity index is 272. The second-order valence-corrected chi connectivity index (χ2v) is 3.04. The van der Waals surface area contributed by atoms with E-state index in [1.165, 1.54) is 0 Å². The molecule has 0 aliphatic heterocycles. The highest BCUT2D eigenvalue weighted by Gasteiger charge is 2.01. The van der Waals surface area contributed by atoms with Gasteiger partial charge in [0.15, 0.2) is 0 Å². The molecule has 1 aromatic carbocycles. The van der Waals surface area contributed by atoms with Crippen LogP contribution < -0.4 is 5.48 Å². The normalized spacial score (nSPS) is 9.79. The summed E-state index contributed by atoms with van der Waals surface area (Å²) >= 11 is 0.